The largest absolute Gasteiger partial charge is 0.491 e. The molecular formula is C18H17NO4. The van der Waals surface area contributed by atoms with Crippen LogP contribution in [0.3, 0.4) is 0 Å². The number of benzene rings is 2. The molecule has 0 bridgehead atoms. The zero-order valence-electron chi connectivity index (χ0n) is 12.6. The highest BCUT2D eigenvalue weighted by molar-refractivity contribution is 5.94. The lowest BCUT2D eigenvalue weighted by atomic mass is 10.0. The van der Waals surface area contributed by atoms with Crippen molar-refractivity contribution in [1.29, 1.82) is 0 Å². The van der Waals surface area contributed by atoms with Crippen molar-refractivity contribution in [1.82, 2.24) is 5.32 Å². The molecule has 5 nitrogen and oxygen atoms in total. The lowest BCUT2D eigenvalue weighted by Gasteiger charge is -2.28. The third-order valence-electron chi connectivity index (χ3n) is 4.00. The van der Waals surface area contributed by atoms with E-state index in [2.05, 4.69) is 5.32 Å². The standard InChI is InChI=1S/C18H17NO4/c20-18(12-4-2-1-3-5-12)19-14-8-13-9-16-17(22-7-6-21-16)10-15(13)23-11-14/h1-5,9-10,14H,6-8,11H2,(H,19,20). The molecule has 0 fully saturated rings. The lowest BCUT2D eigenvalue weighted by molar-refractivity contribution is 0.0914. The van der Waals surface area contributed by atoms with E-state index < -0.39 is 0 Å². The van der Waals surface area contributed by atoms with Crippen LogP contribution >= 0.6 is 0 Å². The Morgan fingerprint density at radius 3 is 2.48 bits per heavy atom. The summed E-state index contributed by atoms with van der Waals surface area (Å²) in [4.78, 5) is 12.2. The van der Waals surface area contributed by atoms with Gasteiger partial charge in [0, 0.05) is 17.2 Å². The molecule has 2 aromatic carbocycles. The van der Waals surface area contributed by atoms with E-state index in [0.717, 1.165) is 22.8 Å². The lowest BCUT2D eigenvalue weighted by Crippen LogP contribution is -2.42. The van der Waals surface area contributed by atoms with E-state index in [1.807, 2.05) is 30.3 Å². The zero-order valence-corrected chi connectivity index (χ0v) is 12.6. The molecule has 0 saturated carbocycles. The molecule has 1 amide bonds. The van der Waals surface area contributed by atoms with Crippen LogP contribution in [-0.4, -0.2) is 31.8 Å². The van der Waals surface area contributed by atoms with Crippen molar-refractivity contribution in [2.45, 2.75) is 12.5 Å². The Morgan fingerprint density at radius 2 is 1.70 bits per heavy atom. The molecule has 23 heavy (non-hydrogen) atoms. The maximum absolute atomic E-state index is 12.2. The third kappa shape index (κ3) is 2.82. The van der Waals surface area contributed by atoms with Gasteiger partial charge in [0.15, 0.2) is 11.5 Å². The maximum Gasteiger partial charge on any atom is 0.251 e. The first-order valence-electron chi connectivity index (χ1n) is 7.71. The molecule has 0 spiro atoms. The Morgan fingerprint density at radius 1 is 0.957 bits per heavy atom. The minimum Gasteiger partial charge on any atom is -0.491 e. The number of hydrogen-bond donors (Lipinski definition) is 1. The molecule has 5 heteroatoms. The summed E-state index contributed by atoms with van der Waals surface area (Å²) in [6.45, 7) is 1.56. The molecule has 2 aromatic rings. The predicted molar refractivity (Wildman–Crippen MR) is 84.3 cm³/mol. The van der Waals surface area contributed by atoms with E-state index in [1.165, 1.54) is 0 Å². The quantitative estimate of drug-likeness (QED) is 0.924. The number of ether oxygens (including phenoxy) is 3. The summed E-state index contributed by atoms with van der Waals surface area (Å²) in [5.74, 6) is 2.19. The second-order valence-electron chi connectivity index (χ2n) is 5.66. The second-order valence-corrected chi connectivity index (χ2v) is 5.66. The SMILES string of the molecule is O=C(NC1COc2cc3c(cc2C1)OCCO3)c1ccccc1. The van der Waals surface area contributed by atoms with Gasteiger partial charge in [-0.2, -0.15) is 0 Å². The van der Waals surface area contributed by atoms with Crippen LogP contribution in [0, 0.1) is 0 Å². The number of amides is 1. The minimum absolute atomic E-state index is 0.0576. The van der Waals surface area contributed by atoms with Crippen molar-refractivity contribution < 1.29 is 19.0 Å². The van der Waals surface area contributed by atoms with Crippen LogP contribution in [0.5, 0.6) is 17.2 Å². The predicted octanol–water partition coefficient (Wildman–Crippen LogP) is 2.19. The van der Waals surface area contributed by atoms with Crippen molar-refractivity contribution >= 4 is 5.91 Å². The molecular weight excluding hydrogens is 294 g/mol. The van der Waals surface area contributed by atoms with Gasteiger partial charge in [0.1, 0.15) is 25.6 Å². The highest BCUT2D eigenvalue weighted by atomic mass is 16.6. The summed E-state index contributed by atoms with van der Waals surface area (Å²) in [5.41, 5.74) is 1.68. The number of carbonyl (C=O) groups excluding carboxylic acids is 1. The summed E-state index contributed by atoms with van der Waals surface area (Å²) >= 11 is 0. The number of rotatable bonds is 2. The topological polar surface area (TPSA) is 56.8 Å². The van der Waals surface area contributed by atoms with Gasteiger partial charge < -0.3 is 19.5 Å². The van der Waals surface area contributed by atoms with Crippen molar-refractivity contribution in [3.05, 3.63) is 53.6 Å². The van der Waals surface area contributed by atoms with Crippen LogP contribution in [0.25, 0.3) is 0 Å². The Balaban J connectivity index is 1.49. The van der Waals surface area contributed by atoms with E-state index in [4.69, 9.17) is 14.2 Å². The van der Waals surface area contributed by atoms with Gasteiger partial charge >= 0.3 is 0 Å². The molecule has 2 heterocycles. The monoisotopic (exact) mass is 311 g/mol. The maximum atomic E-state index is 12.2. The normalized spacial score (nSPS) is 18.5. The molecule has 1 atom stereocenters. The highest BCUT2D eigenvalue weighted by Gasteiger charge is 2.25. The van der Waals surface area contributed by atoms with Gasteiger partial charge in [0.2, 0.25) is 0 Å². The molecule has 2 aliphatic rings. The Bertz CT molecular complexity index is 729. The van der Waals surface area contributed by atoms with Crippen LogP contribution < -0.4 is 19.5 Å². The third-order valence-corrected chi connectivity index (χ3v) is 4.00. The fourth-order valence-electron chi connectivity index (χ4n) is 2.87. The van der Waals surface area contributed by atoms with Gasteiger partial charge in [-0.1, -0.05) is 18.2 Å². The summed E-state index contributed by atoms with van der Waals surface area (Å²) in [7, 11) is 0. The van der Waals surface area contributed by atoms with E-state index in [0.29, 0.717) is 31.8 Å². The van der Waals surface area contributed by atoms with E-state index in [-0.39, 0.29) is 11.9 Å². The second kappa shape index (κ2) is 5.83. The fourth-order valence-corrected chi connectivity index (χ4v) is 2.87. The van der Waals surface area contributed by atoms with Gasteiger partial charge in [0.05, 0.1) is 6.04 Å². The Hall–Kier alpha value is -2.69. The summed E-state index contributed by atoms with van der Waals surface area (Å²) in [6.07, 6.45) is 0.713. The molecule has 1 N–H and O–H groups in total. The average Bonchev–Trinajstić information content (AvgIpc) is 2.60. The van der Waals surface area contributed by atoms with Gasteiger partial charge in [-0.25, -0.2) is 0 Å². The van der Waals surface area contributed by atoms with Crippen LogP contribution in [0.2, 0.25) is 0 Å². The first-order valence-corrected chi connectivity index (χ1v) is 7.71. The Kier molecular flexibility index (Phi) is 3.54. The molecule has 118 valence electrons. The number of carbonyl (C=O) groups is 1. The first kappa shape index (κ1) is 13.9. The highest BCUT2D eigenvalue weighted by Crippen LogP contribution is 2.38. The fraction of sp³-hybridized carbons (Fsp3) is 0.278. The van der Waals surface area contributed by atoms with Crippen LogP contribution in [0.1, 0.15) is 15.9 Å². The summed E-state index contributed by atoms with van der Waals surface area (Å²) in [6, 6.07) is 13.0. The van der Waals surface area contributed by atoms with E-state index in [9.17, 15) is 4.79 Å². The molecule has 0 aliphatic carbocycles. The molecule has 4 rings (SSSR count). The van der Waals surface area contributed by atoms with Gasteiger partial charge in [-0.05, 0) is 24.6 Å². The molecule has 0 radical (unpaired) electrons. The molecule has 1 unspecified atom stereocenters. The molecule has 0 aromatic heterocycles. The van der Waals surface area contributed by atoms with Crippen molar-refractivity contribution in [3.63, 3.8) is 0 Å². The average molecular weight is 311 g/mol. The number of fused-ring (bicyclic) bond motifs is 2. The van der Waals surface area contributed by atoms with Crippen LogP contribution in [0.4, 0.5) is 0 Å². The van der Waals surface area contributed by atoms with Gasteiger partial charge in [-0.3, -0.25) is 4.79 Å². The smallest absolute Gasteiger partial charge is 0.251 e. The molecule has 2 aliphatic heterocycles. The van der Waals surface area contributed by atoms with E-state index in [1.54, 1.807) is 12.1 Å². The molecule has 0 saturated heterocycles. The van der Waals surface area contributed by atoms with Gasteiger partial charge in [0.25, 0.3) is 5.91 Å². The minimum atomic E-state index is -0.0832. The van der Waals surface area contributed by atoms with Crippen LogP contribution in [0.15, 0.2) is 42.5 Å². The van der Waals surface area contributed by atoms with Crippen molar-refractivity contribution in [3.8, 4) is 17.2 Å². The van der Waals surface area contributed by atoms with Gasteiger partial charge in [-0.15, -0.1) is 0 Å². The number of hydrogen-bond acceptors (Lipinski definition) is 4. The zero-order chi connectivity index (χ0) is 15.6. The summed E-state index contributed by atoms with van der Waals surface area (Å²) < 4.78 is 17.0. The van der Waals surface area contributed by atoms with E-state index >= 15 is 0 Å². The van der Waals surface area contributed by atoms with Crippen LogP contribution in [-0.2, 0) is 6.42 Å². The van der Waals surface area contributed by atoms with Crippen molar-refractivity contribution in [2.24, 2.45) is 0 Å². The van der Waals surface area contributed by atoms with Crippen molar-refractivity contribution in [2.75, 3.05) is 19.8 Å². The Labute approximate surface area is 134 Å². The first-order chi connectivity index (χ1) is 11.3. The summed E-state index contributed by atoms with van der Waals surface area (Å²) in [5, 5.41) is 3.02. The number of nitrogens with one attached hydrogen (secondary N) is 1.